The van der Waals surface area contributed by atoms with Crippen molar-refractivity contribution in [2.75, 3.05) is 12.1 Å². The highest BCUT2D eigenvalue weighted by atomic mass is 16.7. The third kappa shape index (κ3) is 2.55. The molecule has 20 heavy (non-hydrogen) atoms. The van der Waals surface area contributed by atoms with Gasteiger partial charge in [0, 0.05) is 0 Å². The van der Waals surface area contributed by atoms with E-state index in [0.717, 1.165) is 7.05 Å². The summed E-state index contributed by atoms with van der Waals surface area (Å²) >= 11 is 0. The Balaban J connectivity index is 3.70. The van der Waals surface area contributed by atoms with E-state index in [4.69, 9.17) is 0 Å². The molecule has 0 aliphatic heterocycles. The molecule has 0 aromatic heterocycles. The molecule has 1 aromatic carbocycles. The first-order valence-electron chi connectivity index (χ1n) is 4.66. The van der Waals surface area contributed by atoms with Gasteiger partial charge >= 0.3 is 17.1 Å². The van der Waals surface area contributed by atoms with Crippen LogP contribution in [-0.4, -0.2) is 26.8 Å². The molecular weight excluding hydrogens is 282 g/mol. The summed E-state index contributed by atoms with van der Waals surface area (Å²) < 4.78 is 0. The van der Waals surface area contributed by atoms with Gasteiger partial charge in [0.05, 0.1) is 27.9 Å². The summed E-state index contributed by atoms with van der Waals surface area (Å²) in [6, 6.07) is 0.729. The largest absolute Gasteiger partial charge is 0.353 e. The Hall–Kier alpha value is -3.38. The van der Waals surface area contributed by atoms with E-state index in [9.17, 15) is 40.5 Å². The highest BCUT2D eigenvalue weighted by Crippen LogP contribution is 2.38. The van der Waals surface area contributed by atoms with Crippen LogP contribution in [0.2, 0.25) is 0 Å². The van der Waals surface area contributed by atoms with Gasteiger partial charge in [-0.3, -0.25) is 30.3 Å². The van der Waals surface area contributed by atoms with Crippen LogP contribution in [0.15, 0.2) is 12.1 Å². The summed E-state index contributed by atoms with van der Waals surface area (Å²) in [5.41, 5.74) is -3.93. The van der Waals surface area contributed by atoms with Gasteiger partial charge in [0.15, 0.2) is 10.7 Å². The van der Waals surface area contributed by atoms with Gasteiger partial charge in [0.1, 0.15) is 6.07 Å². The topological polar surface area (TPSA) is 176 Å². The van der Waals surface area contributed by atoms with E-state index in [1.165, 1.54) is 0 Å². The molecular formula is C7H5N5O8. The molecule has 0 unspecified atom stereocenters. The van der Waals surface area contributed by atoms with Crippen molar-refractivity contribution in [3.05, 3.63) is 52.6 Å². The molecule has 0 heterocycles. The van der Waals surface area contributed by atoms with Crippen LogP contribution in [0.5, 0.6) is 0 Å². The van der Waals surface area contributed by atoms with E-state index in [1.807, 2.05) is 0 Å². The maximum atomic E-state index is 10.8. The number of hydrogen-bond acceptors (Lipinski definition) is 8. The molecule has 0 N–H and O–H groups in total. The standard InChI is InChI=1S/C7H5N5O8/c1-8(12(19)20)4-2-6(10(15)16)7(11(17)18)3-5(4)9(13)14/h2-3H,1H3. The van der Waals surface area contributed by atoms with Crippen LogP contribution in [0.4, 0.5) is 22.7 Å². The zero-order chi connectivity index (χ0) is 15.6. The predicted molar refractivity (Wildman–Crippen MR) is 61.8 cm³/mol. The van der Waals surface area contributed by atoms with Gasteiger partial charge in [-0.1, -0.05) is 5.01 Å². The van der Waals surface area contributed by atoms with Crippen LogP contribution in [0.1, 0.15) is 0 Å². The summed E-state index contributed by atoms with van der Waals surface area (Å²) in [7, 11) is 0.817. The lowest BCUT2D eigenvalue weighted by Crippen LogP contribution is -2.25. The van der Waals surface area contributed by atoms with Gasteiger partial charge in [-0.05, 0) is 0 Å². The minimum Gasteiger partial charge on any atom is -0.258 e. The number of nitro benzene ring substituents is 3. The van der Waals surface area contributed by atoms with Crippen molar-refractivity contribution in [2.24, 2.45) is 0 Å². The third-order valence-electron chi connectivity index (χ3n) is 2.26. The monoisotopic (exact) mass is 287 g/mol. The highest BCUT2D eigenvalue weighted by Gasteiger charge is 2.35. The Morgan fingerprint density at radius 2 is 1.20 bits per heavy atom. The first kappa shape index (κ1) is 14.7. The van der Waals surface area contributed by atoms with E-state index in [-0.39, 0.29) is 5.01 Å². The van der Waals surface area contributed by atoms with E-state index < -0.39 is 42.6 Å². The molecule has 0 fully saturated rings. The number of hydrazine groups is 1. The molecule has 0 saturated heterocycles. The Morgan fingerprint density at radius 3 is 1.55 bits per heavy atom. The van der Waals surface area contributed by atoms with Crippen LogP contribution >= 0.6 is 0 Å². The molecule has 0 bridgehead atoms. The molecule has 0 atom stereocenters. The summed E-state index contributed by atoms with van der Waals surface area (Å²) in [5.74, 6) is 0. The van der Waals surface area contributed by atoms with Gasteiger partial charge in [-0.25, -0.2) is 10.1 Å². The van der Waals surface area contributed by atoms with Crippen molar-refractivity contribution in [2.45, 2.75) is 0 Å². The number of nitro groups is 4. The van der Waals surface area contributed by atoms with Gasteiger partial charge in [0.2, 0.25) is 0 Å². The average molecular weight is 287 g/mol. The second-order valence-electron chi connectivity index (χ2n) is 3.36. The summed E-state index contributed by atoms with van der Waals surface area (Å²) in [6.45, 7) is 0. The first-order valence-corrected chi connectivity index (χ1v) is 4.66. The molecule has 1 aromatic rings. The van der Waals surface area contributed by atoms with Gasteiger partial charge in [0.25, 0.3) is 0 Å². The molecule has 0 saturated carbocycles. The maximum absolute atomic E-state index is 10.8. The SMILES string of the molecule is CN(c1cc([N+](=O)[O-])c([N+](=O)[O-])cc1[N+](=O)[O-])[N+](=O)[O-]. The predicted octanol–water partition coefficient (Wildman–Crippen LogP) is 1.04. The minimum absolute atomic E-state index is 0.162. The van der Waals surface area contributed by atoms with Crippen LogP contribution < -0.4 is 5.01 Å². The molecule has 0 spiro atoms. The molecule has 1 rings (SSSR count). The summed E-state index contributed by atoms with van der Waals surface area (Å²) in [6.07, 6.45) is 0. The van der Waals surface area contributed by atoms with Crippen molar-refractivity contribution < 1.29 is 19.8 Å². The molecule has 13 heteroatoms. The lowest BCUT2D eigenvalue weighted by Gasteiger charge is -2.08. The molecule has 13 nitrogen and oxygen atoms in total. The fraction of sp³-hybridized carbons (Fsp3) is 0.143. The van der Waals surface area contributed by atoms with Crippen LogP contribution in [0, 0.1) is 40.5 Å². The quantitative estimate of drug-likeness (QED) is 0.565. The summed E-state index contributed by atoms with van der Waals surface area (Å²) in [4.78, 5) is 39.3. The molecule has 0 radical (unpaired) electrons. The van der Waals surface area contributed by atoms with Crippen molar-refractivity contribution in [1.82, 2.24) is 0 Å². The van der Waals surface area contributed by atoms with Crippen LogP contribution in [-0.2, 0) is 0 Å². The minimum atomic E-state index is -1.18. The zero-order valence-electron chi connectivity index (χ0n) is 9.66. The maximum Gasteiger partial charge on any atom is 0.353 e. The van der Waals surface area contributed by atoms with Crippen LogP contribution in [0.3, 0.4) is 0 Å². The first-order chi connectivity index (χ1) is 9.16. The fourth-order valence-corrected chi connectivity index (χ4v) is 1.34. The third-order valence-corrected chi connectivity index (χ3v) is 2.26. The number of nitrogens with zero attached hydrogens (tertiary/aromatic N) is 5. The Labute approximate surface area is 108 Å². The van der Waals surface area contributed by atoms with Gasteiger partial charge < -0.3 is 0 Å². The Bertz CT molecular complexity index is 628. The molecule has 0 amide bonds. The highest BCUT2D eigenvalue weighted by molar-refractivity contribution is 5.72. The lowest BCUT2D eigenvalue weighted by atomic mass is 10.2. The molecule has 106 valence electrons. The zero-order valence-corrected chi connectivity index (χ0v) is 9.66. The summed E-state index contributed by atoms with van der Waals surface area (Å²) in [5, 5.41) is 41.8. The second-order valence-corrected chi connectivity index (χ2v) is 3.36. The van der Waals surface area contributed by atoms with Crippen molar-refractivity contribution in [3.63, 3.8) is 0 Å². The van der Waals surface area contributed by atoms with Gasteiger partial charge in [-0.15, -0.1) is 0 Å². The fourth-order valence-electron chi connectivity index (χ4n) is 1.34. The number of benzene rings is 1. The lowest BCUT2D eigenvalue weighted by molar-refractivity contribution is -0.492. The van der Waals surface area contributed by atoms with E-state index in [0.29, 0.717) is 12.1 Å². The smallest absolute Gasteiger partial charge is 0.258 e. The molecule has 0 aliphatic rings. The normalized spacial score (nSPS) is 9.85. The molecule has 0 aliphatic carbocycles. The number of anilines is 1. The van der Waals surface area contributed by atoms with E-state index in [1.54, 1.807) is 0 Å². The Morgan fingerprint density at radius 1 is 0.800 bits per heavy atom. The van der Waals surface area contributed by atoms with E-state index in [2.05, 4.69) is 0 Å². The van der Waals surface area contributed by atoms with Gasteiger partial charge in [-0.2, -0.15) is 0 Å². The Kier molecular flexibility index (Phi) is 3.73. The van der Waals surface area contributed by atoms with Crippen molar-refractivity contribution in [1.29, 1.82) is 0 Å². The van der Waals surface area contributed by atoms with Crippen LogP contribution in [0.25, 0.3) is 0 Å². The van der Waals surface area contributed by atoms with Crippen molar-refractivity contribution in [3.8, 4) is 0 Å². The second kappa shape index (κ2) is 5.09. The van der Waals surface area contributed by atoms with Crippen molar-refractivity contribution >= 4 is 22.7 Å². The number of rotatable bonds is 5. The average Bonchev–Trinajstić information content (AvgIpc) is 2.35. The number of hydrogen-bond donors (Lipinski definition) is 0. The van der Waals surface area contributed by atoms with E-state index >= 15 is 0 Å².